The number of methoxy groups -OCH3 is 2. The molecule has 1 unspecified atom stereocenters. The number of phenols is 1. The normalized spacial score (nSPS) is 19.9. The number of benzene rings is 1. The smallest absolute Gasteiger partial charge is 0.193 e. The third kappa shape index (κ3) is 2.59. The number of aromatic hydroxyl groups is 1. The molecule has 0 aliphatic heterocycles. The highest BCUT2D eigenvalue weighted by Gasteiger charge is 2.45. The summed E-state index contributed by atoms with van der Waals surface area (Å²) in [6.07, 6.45) is 1.28. The predicted molar refractivity (Wildman–Crippen MR) is 82.7 cm³/mol. The minimum absolute atomic E-state index is 0.0211. The monoisotopic (exact) mass is 320 g/mol. The van der Waals surface area contributed by atoms with Crippen molar-refractivity contribution < 1.29 is 29.3 Å². The van der Waals surface area contributed by atoms with E-state index in [1.54, 1.807) is 0 Å². The lowest BCUT2D eigenvalue weighted by Gasteiger charge is -2.34. The number of hydrogen-bond donors (Lipinski definition) is 2. The van der Waals surface area contributed by atoms with E-state index in [0.717, 1.165) is 6.08 Å². The topological polar surface area (TPSA) is 93.1 Å². The van der Waals surface area contributed by atoms with E-state index in [1.807, 2.05) is 6.92 Å². The fraction of sp³-hybridized carbons (Fsp3) is 0.412. The van der Waals surface area contributed by atoms with Gasteiger partial charge < -0.3 is 19.7 Å². The molecule has 6 heteroatoms. The van der Waals surface area contributed by atoms with Crippen LogP contribution < -0.4 is 4.74 Å². The molecule has 2 N–H and O–H groups in total. The van der Waals surface area contributed by atoms with Crippen LogP contribution in [-0.4, -0.2) is 36.0 Å². The fourth-order valence-electron chi connectivity index (χ4n) is 3.00. The summed E-state index contributed by atoms with van der Waals surface area (Å²) in [6.45, 7) is 3.15. The number of allylic oxidation sites excluding steroid dienone is 1. The number of ketones is 2. The first kappa shape index (κ1) is 17.0. The molecule has 124 valence electrons. The van der Waals surface area contributed by atoms with Gasteiger partial charge in [-0.05, 0) is 19.4 Å². The van der Waals surface area contributed by atoms with Crippen molar-refractivity contribution in [2.75, 3.05) is 14.2 Å². The van der Waals surface area contributed by atoms with Crippen LogP contribution in [0.15, 0.2) is 17.9 Å². The highest BCUT2D eigenvalue weighted by molar-refractivity contribution is 6.10. The van der Waals surface area contributed by atoms with Crippen molar-refractivity contribution in [1.82, 2.24) is 0 Å². The summed E-state index contributed by atoms with van der Waals surface area (Å²) in [5.41, 5.74) is -1.25. The Kier molecular flexibility index (Phi) is 4.47. The maximum absolute atomic E-state index is 12.4. The van der Waals surface area contributed by atoms with E-state index in [1.165, 1.54) is 27.2 Å². The molecular formula is C17H20O6. The molecule has 1 atom stereocenters. The van der Waals surface area contributed by atoms with Crippen LogP contribution in [0.1, 0.15) is 41.8 Å². The highest BCUT2D eigenvalue weighted by atomic mass is 16.5. The van der Waals surface area contributed by atoms with Crippen LogP contribution in [0.25, 0.3) is 0 Å². The number of fused-ring (bicyclic) bond motifs is 1. The standard InChI is InChI=1S/C17H20O6/c1-5-10-13(22-3)6-11-15(16(10)20)12(19)7-14(23-4)17(11,21)8-9(2)18/h6-7,20-21H,5,8H2,1-4H3. The van der Waals surface area contributed by atoms with E-state index < -0.39 is 11.4 Å². The second-order valence-corrected chi connectivity index (χ2v) is 5.50. The van der Waals surface area contributed by atoms with E-state index in [0.29, 0.717) is 17.7 Å². The highest BCUT2D eigenvalue weighted by Crippen LogP contribution is 2.46. The predicted octanol–water partition coefficient (Wildman–Crippen LogP) is 1.86. The third-order valence-electron chi connectivity index (χ3n) is 4.02. The maximum Gasteiger partial charge on any atom is 0.193 e. The number of ether oxygens (including phenoxy) is 2. The molecule has 23 heavy (non-hydrogen) atoms. The number of carbonyl (C=O) groups is 2. The van der Waals surface area contributed by atoms with E-state index in [-0.39, 0.29) is 34.8 Å². The Bertz CT molecular complexity index is 704. The zero-order valence-corrected chi connectivity index (χ0v) is 13.6. The summed E-state index contributed by atoms with van der Waals surface area (Å²) in [7, 11) is 2.74. The number of rotatable bonds is 5. The number of carbonyl (C=O) groups excluding carboxylic acids is 2. The molecule has 0 fully saturated rings. The Morgan fingerprint density at radius 3 is 2.43 bits per heavy atom. The second kappa shape index (κ2) is 6.04. The molecule has 2 rings (SSSR count). The zero-order chi connectivity index (χ0) is 17.4. The Morgan fingerprint density at radius 1 is 1.30 bits per heavy atom. The molecule has 0 saturated heterocycles. The Labute approximate surface area is 134 Å². The van der Waals surface area contributed by atoms with Crippen LogP contribution in [0.2, 0.25) is 0 Å². The van der Waals surface area contributed by atoms with Crippen molar-refractivity contribution in [2.45, 2.75) is 32.3 Å². The van der Waals surface area contributed by atoms with Gasteiger partial charge in [0.1, 0.15) is 23.0 Å². The van der Waals surface area contributed by atoms with Gasteiger partial charge in [0.15, 0.2) is 11.4 Å². The van der Waals surface area contributed by atoms with Crippen molar-refractivity contribution in [3.05, 3.63) is 34.6 Å². The summed E-state index contributed by atoms with van der Waals surface area (Å²) >= 11 is 0. The Hall–Kier alpha value is -2.34. The molecule has 0 aromatic heterocycles. The maximum atomic E-state index is 12.4. The van der Waals surface area contributed by atoms with Gasteiger partial charge >= 0.3 is 0 Å². The average Bonchev–Trinajstić information content (AvgIpc) is 2.49. The Morgan fingerprint density at radius 2 is 1.96 bits per heavy atom. The number of Topliss-reactive ketones (excluding diaryl/α,β-unsaturated/α-hetero) is 1. The first-order valence-electron chi connectivity index (χ1n) is 7.25. The first-order chi connectivity index (χ1) is 10.8. The van der Waals surface area contributed by atoms with Crippen LogP contribution in [-0.2, 0) is 21.6 Å². The minimum atomic E-state index is -1.82. The summed E-state index contributed by atoms with van der Waals surface area (Å²) in [4.78, 5) is 24.0. The number of aliphatic hydroxyl groups is 1. The summed E-state index contributed by atoms with van der Waals surface area (Å²) in [5.74, 6) is -0.694. The van der Waals surface area contributed by atoms with Gasteiger partial charge in [0.05, 0.1) is 19.8 Å². The lowest BCUT2D eigenvalue weighted by atomic mass is 9.77. The van der Waals surface area contributed by atoms with Gasteiger partial charge in [0.2, 0.25) is 0 Å². The van der Waals surface area contributed by atoms with E-state index in [9.17, 15) is 19.8 Å². The molecule has 1 aromatic carbocycles. The summed E-state index contributed by atoms with van der Waals surface area (Å²) in [5, 5.41) is 21.5. The van der Waals surface area contributed by atoms with Crippen LogP contribution in [0, 0.1) is 0 Å². The van der Waals surface area contributed by atoms with Crippen molar-refractivity contribution in [1.29, 1.82) is 0 Å². The molecule has 0 spiro atoms. The van der Waals surface area contributed by atoms with Crippen molar-refractivity contribution in [3.63, 3.8) is 0 Å². The molecule has 0 saturated carbocycles. The molecular weight excluding hydrogens is 300 g/mol. The van der Waals surface area contributed by atoms with Crippen LogP contribution >= 0.6 is 0 Å². The fourth-order valence-corrected chi connectivity index (χ4v) is 3.00. The minimum Gasteiger partial charge on any atom is -0.507 e. The Balaban J connectivity index is 2.83. The van der Waals surface area contributed by atoms with Gasteiger partial charge in [0, 0.05) is 23.6 Å². The van der Waals surface area contributed by atoms with Crippen LogP contribution in [0.4, 0.5) is 0 Å². The lowest BCUT2D eigenvalue weighted by molar-refractivity contribution is -0.122. The van der Waals surface area contributed by atoms with Gasteiger partial charge in [-0.2, -0.15) is 0 Å². The van der Waals surface area contributed by atoms with Gasteiger partial charge in [-0.15, -0.1) is 0 Å². The van der Waals surface area contributed by atoms with Gasteiger partial charge in [-0.3, -0.25) is 9.59 Å². The molecule has 0 radical (unpaired) electrons. The quantitative estimate of drug-likeness (QED) is 0.860. The lowest BCUT2D eigenvalue weighted by Crippen LogP contribution is -2.37. The molecule has 1 aliphatic carbocycles. The zero-order valence-electron chi connectivity index (χ0n) is 13.6. The molecule has 6 nitrogen and oxygen atoms in total. The second-order valence-electron chi connectivity index (χ2n) is 5.50. The number of phenolic OH excluding ortho intramolecular Hbond substituents is 1. The molecule has 0 amide bonds. The largest absolute Gasteiger partial charge is 0.507 e. The molecule has 1 aromatic rings. The van der Waals surface area contributed by atoms with Gasteiger partial charge in [-0.1, -0.05) is 6.92 Å². The summed E-state index contributed by atoms with van der Waals surface area (Å²) < 4.78 is 10.4. The SMILES string of the molecule is CCc1c(OC)cc2c(c1O)C(=O)C=C(OC)C2(O)CC(C)=O. The number of hydrogen-bond acceptors (Lipinski definition) is 6. The van der Waals surface area contributed by atoms with Gasteiger partial charge in [0.25, 0.3) is 0 Å². The van der Waals surface area contributed by atoms with E-state index >= 15 is 0 Å². The van der Waals surface area contributed by atoms with Crippen LogP contribution in [0.3, 0.4) is 0 Å². The van der Waals surface area contributed by atoms with Crippen LogP contribution in [0.5, 0.6) is 11.5 Å². The molecule has 0 heterocycles. The average molecular weight is 320 g/mol. The van der Waals surface area contributed by atoms with E-state index in [2.05, 4.69) is 0 Å². The molecule has 1 aliphatic rings. The van der Waals surface area contributed by atoms with Crippen molar-refractivity contribution in [2.24, 2.45) is 0 Å². The van der Waals surface area contributed by atoms with E-state index in [4.69, 9.17) is 9.47 Å². The van der Waals surface area contributed by atoms with Crippen molar-refractivity contribution >= 4 is 11.6 Å². The first-order valence-corrected chi connectivity index (χ1v) is 7.25. The van der Waals surface area contributed by atoms with Gasteiger partial charge in [-0.25, -0.2) is 0 Å². The molecule has 0 bridgehead atoms. The summed E-state index contributed by atoms with van der Waals surface area (Å²) in [6, 6.07) is 1.49. The van der Waals surface area contributed by atoms with Crippen molar-refractivity contribution in [3.8, 4) is 11.5 Å². The third-order valence-corrected chi connectivity index (χ3v) is 4.02.